The van der Waals surface area contributed by atoms with Crippen molar-refractivity contribution in [2.75, 3.05) is 6.61 Å². The second-order valence-electron chi connectivity index (χ2n) is 3.82. The maximum atomic E-state index is 4.94. The molecule has 14 heavy (non-hydrogen) atoms. The van der Waals surface area contributed by atoms with E-state index in [4.69, 9.17) is 4.52 Å². The van der Waals surface area contributed by atoms with Crippen LogP contribution in [0.4, 0.5) is 0 Å². The highest BCUT2D eigenvalue weighted by molar-refractivity contribution is 7.09. The minimum Gasteiger partial charge on any atom is -0.366 e. The smallest absolute Gasteiger partial charge is 0.0502 e. The summed E-state index contributed by atoms with van der Waals surface area (Å²) in [5, 5.41) is 0. The number of hydrogen-bond donors (Lipinski definition) is 0. The fourth-order valence-electron chi connectivity index (χ4n) is 1.73. The Balaban J connectivity index is 2.42. The summed E-state index contributed by atoms with van der Waals surface area (Å²) in [7, 11) is 2.29. The lowest BCUT2D eigenvalue weighted by Crippen LogP contribution is -1.91. The number of aryl methyl sites for hydroxylation is 3. The largest absolute Gasteiger partial charge is 0.366 e. The Labute approximate surface area is 89.2 Å². The van der Waals surface area contributed by atoms with E-state index in [1.165, 1.54) is 23.1 Å². The molecule has 0 heterocycles. The quantitative estimate of drug-likeness (QED) is 0.534. The van der Waals surface area contributed by atoms with Gasteiger partial charge in [0.25, 0.3) is 0 Å². The molecule has 0 aliphatic heterocycles. The molecule has 1 nitrogen and oxygen atoms in total. The van der Waals surface area contributed by atoms with Gasteiger partial charge in [-0.15, -0.1) is 0 Å². The van der Waals surface area contributed by atoms with E-state index in [0.29, 0.717) is 0 Å². The maximum absolute atomic E-state index is 4.94. The van der Waals surface area contributed by atoms with Crippen LogP contribution in [0.25, 0.3) is 0 Å². The Kier molecular flexibility index (Phi) is 5.14. The van der Waals surface area contributed by atoms with Gasteiger partial charge in [-0.3, -0.25) is 0 Å². The Hall–Kier alpha value is -0.390. The normalized spacial score (nSPS) is 10.5. The van der Waals surface area contributed by atoms with E-state index in [9.17, 15) is 0 Å². The Morgan fingerprint density at radius 2 is 1.71 bits per heavy atom. The molecule has 0 aromatic heterocycles. The lowest BCUT2D eigenvalue weighted by molar-refractivity contribution is 0.357. The molecule has 1 atom stereocenters. The topological polar surface area (TPSA) is 9.23 Å². The number of rotatable bonds is 5. The molecule has 1 unspecified atom stereocenters. The number of unbranched alkanes of at least 4 members (excludes halogenated alkanes) is 1. The van der Waals surface area contributed by atoms with Gasteiger partial charge in [0, 0.05) is 9.47 Å². The first-order valence-electron chi connectivity index (χ1n) is 5.11. The molecule has 0 aliphatic rings. The minimum atomic E-state index is 0.843. The molecule has 0 bridgehead atoms. The zero-order chi connectivity index (χ0) is 10.4. The van der Waals surface area contributed by atoms with Gasteiger partial charge in [0.05, 0.1) is 6.61 Å². The van der Waals surface area contributed by atoms with Gasteiger partial charge in [0.2, 0.25) is 0 Å². The molecule has 1 aromatic rings. The molecule has 2 heteroatoms. The van der Waals surface area contributed by atoms with Crippen LogP contribution >= 0.6 is 9.47 Å². The molecule has 0 saturated carbocycles. The summed E-state index contributed by atoms with van der Waals surface area (Å²) in [5.74, 6) is 0. The van der Waals surface area contributed by atoms with Crippen LogP contribution in [-0.4, -0.2) is 6.61 Å². The van der Waals surface area contributed by atoms with Gasteiger partial charge in [-0.2, -0.15) is 0 Å². The minimum absolute atomic E-state index is 0.843. The fraction of sp³-hybridized carbons (Fsp3) is 0.500. The average Bonchev–Trinajstić information content (AvgIpc) is 2.11. The van der Waals surface area contributed by atoms with Crippen LogP contribution in [-0.2, 0) is 10.9 Å². The zero-order valence-corrected chi connectivity index (χ0v) is 10.2. The van der Waals surface area contributed by atoms with Crippen LogP contribution < -0.4 is 0 Å². The van der Waals surface area contributed by atoms with Crippen molar-refractivity contribution in [3.8, 4) is 0 Å². The van der Waals surface area contributed by atoms with E-state index in [1.54, 1.807) is 0 Å². The predicted octanol–water partition coefficient (Wildman–Crippen LogP) is 3.43. The van der Waals surface area contributed by atoms with E-state index in [-0.39, 0.29) is 0 Å². The summed E-state index contributed by atoms with van der Waals surface area (Å²) in [5.41, 5.74) is 4.18. The van der Waals surface area contributed by atoms with Crippen LogP contribution in [0.3, 0.4) is 0 Å². The highest BCUT2D eigenvalue weighted by Crippen LogP contribution is 2.11. The van der Waals surface area contributed by atoms with Crippen molar-refractivity contribution in [2.24, 2.45) is 0 Å². The zero-order valence-electron chi connectivity index (χ0n) is 9.05. The van der Waals surface area contributed by atoms with Crippen LogP contribution in [0.2, 0.25) is 0 Å². The van der Waals surface area contributed by atoms with Gasteiger partial charge >= 0.3 is 0 Å². The summed E-state index contributed by atoms with van der Waals surface area (Å²) in [6.07, 6.45) is 3.50. The van der Waals surface area contributed by atoms with Crippen LogP contribution in [0.5, 0.6) is 0 Å². The summed E-state index contributed by atoms with van der Waals surface area (Å²) < 4.78 is 4.94. The van der Waals surface area contributed by atoms with Gasteiger partial charge in [-0.05, 0) is 38.7 Å². The van der Waals surface area contributed by atoms with Crippen molar-refractivity contribution in [3.05, 3.63) is 34.9 Å². The van der Waals surface area contributed by atoms with Gasteiger partial charge in [0.15, 0.2) is 0 Å². The molecule has 1 aromatic carbocycles. The third kappa shape index (κ3) is 4.21. The molecule has 0 aliphatic carbocycles. The average molecular weight is 210 g/mol. The summed E-state index contributed by atoms with van der Waals surface area (Å²) in [6.45, 7) is 5.15. The van der Waals surface area contributed by atoms with Crippen molar-refractivity contribution in [3.63, 3.8) is 0 Å². The maximum Gasteiger partial charge on any atom is 0.0502 e. The Morgan fingerprint density at radius 3 is 2.29 bits per heavy atom. The van der Waals surface area contributed by atoms with E-state index in [1.807, 2.05) is 0 Å². The van der Waals surface area contributed by atoms with E-state index in [0.717, 1.165) is 19.4 Å². The van der Waals surface area contributed by atoms with Crippen molar-refractivity contribution in [2.45, 2.75) is 33.1 Å². The van der Waals surface area contributed by atoms with Crippen LogP contribution in [0.1, 0.15) is 29.5 Å². The Bertz CT molecular complexity index is 263. The Morgan fingerprint density at radius 1 is 1.07 bits per heavy atom. The first-order valence-corrected chi connectivity index (χ1v) is 5.58. The van der Waals surface area contributed by atoms with Gasteiger partial charge in [-0.1, -0.05) is 29.3 Å². The lowest BCUT2D eigenvalue weighted by atomic mass is 10.0. The van der Waals surface area contributed by atoms with Gasteiger partial charge in [-0.25, -0.2) is 0 Å². The summed E-state index contributed by atoms with van der Waals surface area (Å²) in [6, 6.07) is 6.76. The fourth-order valence-corrected chi connectivity index (χ4v) is 1.89. The second kappa shape index (κ2) is 6.16. The number of hydrogen-bond acceptors (Lipinski definition) is 1. The molecule has 0 spiro atoms. The van der Waals surface area contributed by atoms with Gasteiger partial charge < -0.3 is 4.52 Å². The molecule has 78 valence electrons. The van der Waals surface area contributed by atoms with Crippen LogP contribution in [0, 0.1) is 13.8 Å². The standard InChI is InChI=1S/C12H19OP/c1-10-7-11(2)9-12(8-10)5-3-4-6-13-14/h7-9H,3-6,14H2,1-2H3. The molecule has 0 radical (unpaired) electrons. The van der Waals surface area contributed by atoms with E-state index in [2.05, 4.69) is 41.5 Å². The SMILES string of the molecule is Cc1cc(C)cc(CCCCOP)c1. The van der Waals surface area contributed by atoms with E-state index >= 15 is 0 Å². The predicted molar refractivity (Wildman–Crippen MR) is 64.5 cm³/mol. The first kappa shape index (κ1) is 11.7. The van der Waals surface area contributed by atoms with Crippen LogP contribution in [0.15, 0.2) is 18.2 Å². The van der Waals surface area contributed by atoms with Gasteiger partial charge in [0.1, 0.15) is 0 Å². The van der Waals surface area contributed by atoms with Crippen molar-refractivity contribution < 1.29 is 4.52 Å². The molecule has 0 fully saturated rings. The monoisotopic (exact) mass is 210 g/mol. The first-order chi connectivity index (χ1) is 6.72. The molecule has 0 N–H and O–H groups in total. The van der Waals surface area contributed by atoms with Crippen molar-refractivity contribution in [1.82, 2.24) is 0 Å². The molecular weight excluding hydrogens is 191 g/mol. The molecule has 1 rings (SSSR count). The lowest BCUT2D eigenvalue weighted by Gasteiger charge is -2.04. The molecular formula is C12H19OP. The highest BCUT2D eigenvalue weighted by Gasteiger charge is 1.96. The van der Waals surface area contributed by atoms with Crippen molar-refractivity contribution >= 4 is 9.47 Å². The summed E-state index contributed by atoms with van der Waals surface area (Å²) >= 11 is 0. The molecule has 0 amide bonds. The number of benzene rings is 1. The van der Waals surface area contributed by atoms with E-state index < -0.39 is 0 Å². The third-order valence-electron chi connectivity index (χ3n) is 2.26. The summed E-state index contributed by atoms with van der Waals surface area (Å²) in [4.78, 5) is 0. The van der Waals surface area contributed by atoms with Crippen molar-refractivity contribution in [1.29, 1.82) is 0 Å². The second-order valence-corrected chi connectivity index (χ2v) is 4.16. The third-order valence-corrected chi connectivity index (χ3v) is 2.49. The highest BCUT2D eigenvalue weighted by atomic mass is 31.0. The molecule has 0 saturated heterocycles.